The molecule has 1 aliphatic carbocycles. The molecule has 24 heavy (non-hydrogen) atoms. The average Bonchev–Trinajstić information content (AvgIpc) is 3.09. The molecule has 1 aliphatic rings. The van der Waals surface area contributed by atoms with Crippen LogP contribution in [0.1, 0.15) is 37.7 Å². The molecule has 0 bridgehead atoms. The third-order valence-corrected chi connectivity index (χ3v) is 4.17. The van der Waals surface area contributed by atoms with Gasteiger partial charge in [-0.1, -0.05) is 12.1 Å². The van der Waals surface area contributed by atoms with Crippen LogP contribution in [-0.4, -0.2) is 45.5 Å². The first-order valence-electron chi connectivity index (χ1n) is 8.87. The number of rotatable bonds is 11. The minimum Gasteiger partial charge on any atom is -0.490 e. The van der Waals surface area contributed by atoms with Gasteiger partial charge in [0, 0.05) is 20.1 Å². The Morgan fingerprint density at radius 2 is 1.88 bits per heavy atom. The lowest BCUT2D eigenvalue weighted by Gasteiger charge is -2.13. The first-order chi connectivity index (χ1) is 11.8. The van der Waals surface area contributed by atoms with Crippen LogP contribution in [0.4, 0.5) is 0 Å². The Kier molecular flexibility index (Phi) is 8.63. The van der Waals surface area contributed by atoms with Gasteiger partial charge in [-0.25, -0.2) is 0 Å². The molecule has 1 N–H and O–H groups in total. The van der Waals surface area contributed by atoms with Crippen LogP contribution >= 0.6 is 0 Å². The smallest absolute Gasteiger partial charge is 0.222 e. The highest BCUT2D eigenvalue weighted by Crippen LogP contribution is 2.24. The van der Waals surface area contributed by atoms with Crippen LogP contribution < -0.4 is 10.1 Å². The first-order valence-corrected chi connectivity index (χ1v) is 8.87. The molecule has 1 amide bonds. The first kappa shape index (κ1) is 18.7. The summed E-state index contributed by atoms with van der Waals surface area (Å²) in [6.07, 6.45) is 6.49. The molecule has 0 saturated heterocycles. The van der Waals surface area contributed by atoms with Crippen molar-refractivity contribution in [2.45, 2.75) is 44.6 Å². The fourth-order valence-electron chi connectivity index (χ4n) is 2.78. The van der Waals surface area contributed by atoms with Gasteiger partial charge in [0.05, 0.1) is 25.9 Å². The Labute approximate surface area is 144 Å². The third kappa shape index (κ3) is 7.32. The third-order valence-electron chi connectivity index (χ3n) is 4.17. The van der Waals surface area contributed by atoms with Crippen molar-refractivity contribution >= 4 is 5.91 Å². The van der Waals surface area contributed by atoms with E-state index >= 15 is 0 Å². The van der Waals surface area contributed by atoms with Gasteiger partial charge in [-0.05, 0) is 49.8 Å². The summed E-state index contributed by atoms with van der Waals surface area (Å²) in [6, 6.07) is 8.20. The van der Waals surface area contributed by atoms with E-state index in [1.807, 2.05) is 12.1 Å². The summed E-state index contributed by atoms with van der Waals surface area (Å²) in [4.78, 5) is 11.7. The Morgan fingerprint density at radius 1 is 1.12 bits per heavy atom. The molecule has 0 aliphatic heterocycles. The van der Waals surface area contributed by atoms with Gasteiger partial charge in [-0.3, -0.25) is 4.79 Å². The Hall–Kier alpha value is -1.59. The summed E-state index contributed by atoms with van der Waals surface area (Å²) in [5, 5.41) is 2.91. The zero-order chi connectivity index (χ0) is 17.0. The predicted octanol–water partition coefficient (Wildman–Crippen LogP) is 2.72. The minimum absolute atomic E-state index is 0.0219. The highest BCUT2D eigenvalue weighted by atomic mass is 16.5. The molecule has 1 saturated carbocycles. The van der Waals surface area contributed by atoms with E-state index in [1.165, 1.54) is 31.2 Å². The standard InChI is InChI=1S/C19H29NO4/c1-22-14-15-23-13-11-19(21)20-12-10-16-6-8-18(9-7-16)24-17-4-2-3-5-17/h6-9,17H,2-5,10-15H2,1H3,(H,20,21). The van der Waals surface area contributed by atoms with E-state index in [0.29, 0.717) is 38.9 Å². The number of methoxy groups -OCH3 is 1. The topological polar surface area (TPSA) is 56.8 Å². The van der Waals surface area contributed by atoms with Gasteiger partial charge in [-0.15, -0.1) is 0 Å². The summed E-state index contributed by atoms with van der Waals surface area (Å²) < 4.78 is 16.1. The van der Waals surface area contributed by atoms with Crippen LogP contribution in [0.2, 0.25) is 0 Å². The Bertz CT molecular complexity index is 469. The summed E-state index contributed by atoms with van der Waals surface area (Å²) in [5.74, 6) is 0.969. The van der Waals surface area contributed by atoms with E-state index in [2.05, 4.69) is 17.4 Å². The molecule has 5 nitrogen and oxygen atoms in total. The second-order valence-electron chi connectivity index (χ2n) is 6.12. The van der Waals surface area contributed by atoms with Crippen LogP contribution in [0.15, 0.2) is 24.3 Å². The highest BCUT2D eigenvalue weighted by molar-refractivity contribution is 5.75. The quantitative estimate of drug-likeness (QED) is 0.632. The fourth-order valence-corrected chi connectivity index (χ4v) is 2.78. The molecule has 0 radical (unpaired) electrons. The van der Waals surface area contributed by atoms with Crippen molar-refractivity contribution in [3.8, 4) is 5.75 Å². The number of ether oxygens (including phenoxy) is 3. The molecular formula is C19H29NO4. The number of amides is 1. The van der Waals surface area contributed by atoms with Gasteiger partial charge in [0.25, 0.3) is 0 Å². The van der Waals surface area contributed by atoms with Gasteiger partial charge in [0.2, 0.25) is 5.91 Å². The maximum Gasteiger partial charge on any atom is 0.222 e. The van der Waals surface area contributed by atoms with Gasteiger partial charge in [0.15, 0.2) is 0 Å². The molecule has 0 heterocycles. The number of benzene rings is 1. The van der Waals surface area contributed by atoms with Crippen molar-refractivity contribution in [3.05, 3.63) is 29.8 Å². The molecule has 1 fully saturated rings. The molecular weight excluding hydrogens is 306 g/mol. The zero-order valence-corrected chi connectivity index (χ0v) is 14.6. The second-order valence-corrected chi connectivity index (χ2v) is 6.12. The Morgan fingerprint density at radius 3 is 2.58 bits per heavy atom. The molecule has 134 valence electrons. The normalized spacial score (nSPS) is 14.7. The second kappa shape index (κ2) is 11.0. The van der Waals surface area contributed by atoms with Crippen LogP contribution in [0, 0.1) is 0 Å². The molecule has 5 heteroatoms. The maximum atomic E-state index is 11.7. The van der Waals surface area contributed by atoms with E-state index in [9.17, 15) is 4.79 Å². The molecule has 0 spiro atoms. The lowest BCUT2D eigenvalue weighted by atomic mass is 10.1. The van der Waals surface area contributed by atoms with Crippen molar-refractivity contribution in [3.63, 3.8) is 0 Å². The van der Waals surface area contributed by atoms with Gasteiger partial charge >= 0.3 is 0 Å². The van der Waals surface area contributed by atoms with Gasteiger partial charge in [0.1, 0.15) is 5.75 Å². The predicted molar refractivity (Wildman–Crippen MR) is 93.4 cm³/mol. The van der Waals surface area contributed by atoms with Crippen molar-refractivity contribution < 1.29 is 19.0 Å². The van der Waals surface area contributed by atoms with Gasteiger partial charge < -0.3 is 19.5 Å². The lowest BCUT2D eigenvalue weighted by molar-refractivity contribution is -0.122. The number of hydrogen-bond acceptors (Lipinski definition) is 4. The van der Waals surface area contributed by atoms with Crippen molar-refractivity contribution in [1.29, 1.82) is 0 Å². The van der Waals surface area contributed by atoms with Crippen LogP contribution in [0.3, 0.4) is 0 Å². The van der Waals surface area contributed by atoms with Crippen LogP contribution in [0.5, 0.6) is 5.75 Å². The summed E-state index contributed by atoms with van der Waals surface area (Å²) in [7, 11) is 1.63. The van der Waals surface area contributed by atoms with Crippen LogP contribution in [-0.2, 0) is 20.7 Å². The van der Waals surface area contributed by atoms with Crippen molar-refractivity contribution in [2.75, 3.05) is 33.5 Å². The minimum atomic E-state index is 0.0219. The molecule has 1 aromatic rings. The average molecular weight is 335 g/mol. The zero-order valence-electron chi connectivity index (χ0n) is 14.6. The molecule has 2 rings (SSSR count). The van der Waals surface area contributed by atoms with Gasteiger partial charge in [-0.2, -0.15) is 0 Å². The molecule has 1 aromatic carbocycles. The van der Waals surface area contributed by atoms with Crippen molar-refractivity contribution in [1.82, 2.24) is 5.32 Å². The van der Waals surface area contributed by atoms with E-state index in [1.54, 1.807) is 7.11 Å². The Balaban J connectivity index is 1.57. The molecule has 0 atom stereocenters. The largest absolute Gasteiger partial charge is 0.490 e. The van der Waals surface area contributed by atoms with Crippen molar-refractivity contribution in [2.24, 2.45) is 0 Å². The SMILES string of the molecule is COCCOCCC(=O)NCCc1ccc(OC2CCCC2)cc1. The monoisotopic (exact) mass is 335 g/mol. The van der Waals surface area contributed by atoms with E-state index in [0.717, 1.165) is 12.2 Å². The molecule has 0 unspecified atom stereocenters. The maximum absolute atomic E-state index is 11.7. The number of hydrogen-bond donors (Lipinski definition) is 1. The molecule has 0 aromatic heterocycles. The number of carbonyl (C=O) groups excluding carboxylic acids is 1. The fraction of sp³-hybridized carbons (Fsp3) is 0.632. The lowest BCUT2D eigenvalue weighted by Crippen LogP contribution is -2.26. The van der Waals surface area contributed by atoms with E-state index in [-0.39, 0.29) is 5.91 Å². The number of carbonyl (C=O) groups is 1. The van der Waals surface area contributed by atoms with Crippen LogP contribution in [0.25, 0.3) is 0 Å². The highest BCUT2D eigenvalue weighted by Gasteiger charge is 2.16. The van der Waals surface area contributed by atoms with E-state index < -0.39 is 0 Å². The summed E-state index contributed by atoms with van der Waals surface area (Å²) >= 11 is 0. The summed E-state index contributed by atoms with van der Waals surface area (Å²) in [5.41, 5.74) is 1.20. The number of nitrogens with one attached hydrogen (secondary N) is 1. The van der Waals surface area contributed by atoms with E-state index in [4.69, 9.17) is 14.2 Å². The summed E-state index contributed by atoms with van der Waals surface area (Å²) in [6.45, 7) is 2.16.